The lowest BCUT2D eigenvalue weighted by Gasteiger charge is -2.19. The van der Waals surface area contributed by atoms with Crippen LogP contribution in [0, 0.1) is 6.92 Å². The van der Waals surface area contributed by atoms with Gasteiger partial charge in [-0.2, -0.15) is 13.2 Å². The standard InChI is InChI=1S/C15H16F3N3S/c1-9-5-3-4-6-12(9)11-7-10(2)21(8-11)14-20-19-13(22-14)15(16,17)18/h3-6,10-11H,7-8H2,1-2H3. The molecule has 3 rings (SSSR count). The van der Waals surface area contributed by atoms with E-state index in [1.807, 2.05) is 24.0 Å². The van der Waals surface area contributed by atoms with Gasteiger partial charge in [0.05, 0.1) is 0 Å². The van der Waals surface area contributed by atoms with E-state index in [-0.39, 0.29) is 6.04 Å². The minimum atomic E-state index is -4.42. The largest absolute Gasteiger partial charge is 0.445 e. The first-order chi connectivity index (χ1) is 10.4. The predicted molar refractivity (Wildman–Crippen MR) is 80.3 cm³/mol. The number of aromatic nitrogens is 2. The van der Waals surface area contributed by atoms with Crippen LogP contribution in [0.15, 0.2) is 24.3 Å². The first-order valence-corrected chi connectivity index (χ1v) is 7.91. The lowest BCUT2D eigenvalue weighted by atomic mass is 9.93. The normalized spacial score (nSPS) is 22.3. The van der Waals surface area contributed by atoms with Crippen LogP contribution in [0.4, 0.5) is 18.3 Å². The smallest absolute Gasteiger partial charge is 0.343 e. The molecule has 0 N–H and O–H groups in total. The van der Waals surface area contributed by atoms with Crippen LogP contribution >= 0.6 is 11.3 Å². The molecule has 1 aliphatic heterocycles. The third-order valence-corrected chi connectivity index (χ3v) is 5.11. The van der Waals surface area contributed by atoms with Gasteiger partial charge in [0.1, 0.15) is 0 Å². The van der Waals surface area contributed by atoms with Gasteiger partial charge in [0.2, 0.25) is 10.1 Å². The maximum Gasteiger partial charge on any atom is 0.445 e. The van der Waals surface area contributed by atoms with Crippen LogP contribution in [0.1, 0.15) is 35.4 Å². The van der Waals surface area contributed by atoms with Crippen molar-refractivity contribution in [3.05, 3.63) is 40.4 Å². The quantitative estimate of drug-likeness (QED) is 0.826. The van der Waals surface area contributed by atoms with E-state index in [0.717, 1.165) is 6.42 Å². The zero-order valence-electron chi connectivity index (χ0n) is 12.3. The molecule has 0 radical (unpaired) electrons. The number of aryl methyl sites for hydroxylation is 1. The van der Waals surface area contributed by atoms with E-state index in [1.54, 1.807) is 0 Å². The highest BCUT2D eigenvalue weighted by Crippen LogP contribution is 2.40. The van der Waals surface area contributed by atoms with Crippen LogP contribution in [0.25, 0.3) is 0 Å². The van der Waals surface area contributed by atoms with Crippen molar-refractivity contribution in [3.63, 3.8) is 0 Å². The minimum absolute atomic E-state index is 0.152. The summed E-state index contributed by atoms with van der Waals surface area (Å²) < 4.78 is 38.0. The number of halogens is 3. The van der Waals surface area contributed by atoms with Gasteiger partial charge in [0.25, 0.3) is 0 Å². The molecule has 2 aromatic rings. The van der Waals surface area contributed by atoms with Crippen molar-refractivity contribution in [1.29, 1.82) is 0 Å². The molecule has 0 amide bonds. The van der Waals surface area contributed by atoms with Gasteiger partial charge in [0.15, 0.2) is 0 Å². The molecule has 1 aliphatic rings. The summed E-state index contributed by atoms with van der Waals surface area (Å²) in [6.07, 6.45) is -3.51. The SMILES string of the molecule is Cc1ccccc1C1CC(C)N(c2nnc(C(F)(F)F)s2)C1. The Kier molecular flexibility index (Phi) is 3.84. The van der Waals surface area contributed by atoms with Crippen molar-refractivity contribution < 1.29 is 13.2 Å². The summed E-state index contributed by atoms with van der Waals surface area (Å²) in [5, 5.41) is 6.50. The molecule has 0 spiro atoms. The Morgan fingerprint density at radius 3 is 2.59 bits per heavy atom. The maximum absolute atomic E-state index is 12.7. The zero-order chi connectivity index (χ0) is 15.9. The summed E-state index contributed by atoms with van der Waals surface area (Å²) in [6, 6.07) is 8.31. The van der Waals surface area contributed by atoms with Crippen molar-refractivity contribution >= 4 is 16.5 Å². The van der Waals surface area contributed by atoms with Gasteiger partial charge >= 0.3 is 6.18 Å². The van der Waals surface area contributed by atoms with E-state index in [4.69, 9.17) is 0 Å². The fraction of sp³-hybridized carbons (Fsp3) is 0.467. The second kappa shape index (κ2) is 5.53. The third-order valence-electron chi connectivity index (χ3n) is 4.11. The lowest BCUT2D eigenvalue weighted by molar-refractivity contribution is -0.138. The first-order valence-electron chi connectivity index (χ1n) is 7.09. The molecule has 0 saturated carbocycles. The van der Waals surface area contributed by atoms with E-state index < -0.39 is 11.2 Å². The van der Waals surface area contributed by atoms with Gasteiger partial charge in [-0.25, -0.2) is 0 Å². The first kappa shape index (κ1) is 15.3. The lowest BCUT2D eigenvalue weighted by Crippen LogP contribution is -2.26. The van der Waals surface area contributed by atoms with E-state index in [2.05, 4.69) is 29.3 Å². The van der Waals surface area contributed by atoms with Crippen LogP contribution < -0.4 is 4.90 Å². The van der Waals surface area contributed by atoms with Gasteiger partial charge in [0, 0.05) is 18.5 Å². The monoisotopic (exact) mass is 327 g/mol. The molecule has 7 heteroatoms. The predicted octanol–water partition coefficient (Wildman–Crippen LogP) is 4.25. The molecule has 0 aliphatic carbocycles. The minimum Gasteiger partial charge on any atom is -0.343 e. The summed E-state index contributed by atoms with van der Waals surface area (Å²) >= 11 is 0.621. The molecule has 1 fully saturated rings. The molecule has 1 aromatic carbocycles. The molecule has 22 heavy (non-hydrogen) atoms. The molecule has 0 bridgehead atoms. The number of anilines is 1. The van der Waals surface area contributed by atoms with E-state index in [0.29, 0.717) is 28.9 Å². The van der Waals surface area contributed by atoms with Crippen LogP contribution in [0.3, 0.4) is 0 Å². The molecule has 2 atom stereocenters. The fourth-order valence-corrected chi connectivity index (χ4v) is 3.84. The van der Waals surface area contributed by atoms with Gasteiger partial charge in [-0.05, 0) is 31.4 Å². The number of hydrogen-bond acceptors (Lipinski definition) is 4. The topological polar surface area (TPSA) is 29.0 Å². The summed E-state index contributed by atoms with van der Waals surface area (Å²) in [7, 11) is 0. The van der Waals surface area contributed by atoms with Gasteiger partial charge in [-0.15, -0.1) is 10.2 Å². The molecule has 1 saturated heterocycles. The van der Waals surface area contributed by atoms with Gasteiger partial charge in [-0.1, -0.05) is 35.6 Å². The van der Waals surface area contributed by atoms with E-state index >= 15 is 0 Å². The summed E-state index contributed by atoms with van der Waals surface area (Å²) in [6.45, 7) is 4.76. The van der Waals surface area contributed by atoms with Crippen molar-refractivity contribution in [2.75, 3.05) is 11.4 Å². The third kappa shape index (κ3) is 2.82. The van der Waals surface area contributed by atoms with Crippen LogP contribution in [-0.4, -0.2) is 22.8 Å². The molecule has 2 unspecified atom stereocenters. The molecule has 3 nitrogen and oxygen atoms in total. The Hall–Kier alpha value is -1.63. The highest BCUT2D eigenvalue weighted by Gasteiger charge is 2.38. The highest BCUT2D eigenvalue weighted by atomic mass is 32.1. The summed E-state index contributed by atoms with van der Waals surface area (Å²) in [5.74, 6) is 0.314. The highest BCUT2D eigenvalue weighted by molar-refractivity contribution is 7.15. The molecular weight excluding hydrogens is 311 g/mol. The number of hydrogen-bond donors (Lipinski definition) is 0. The zero-order valence-corrected chi connectivity index (χ0v) is 13.1. The van der Waals surface area contributed by atoms with Crippen LogP contribution in [0.5, 0.6) is 0 Å². The number of alkyl halides is 3. The number of nitrogens with zero attached hydrogens (tertiary/aromatic N) is 3. The number of rotatable bonds is 2. The molecule has 2 heterocycles. The Labute approximate surface area is 130 Å². The summed E-state index contributed by atoms with van der Waals surface area (Å²) in [5.41, 5.74) is 2.48. The Morgan fingerprint density at radius 2 is 1.95 bits per heavy atom. The Morgan fingerprint density at radius 1 is 1.23 bits per heavy atom. The average molecular weight is 327 g/mol. The molecule has 118 valence electrons. The average Bonchev–Trinajstić information content (AvgIpc) is 3.05. The van der Waals surface area contributed by atoms with Gasteiger partial charge < -0.3 is 4.90 Å². The van der Waals surface area contributed by atoms with E-state index in [9.17, 15) is 13.2 Å². The summed E-state index contributed by atoms with van der Waals surface area (Å²) in [4.78, 5) is 1.93. The van der Waals surface area contributed by atoms with Crippen molar-refractivity contribution in [2.45, 2.75) is 38.4 Å². The van der Waals surface area contributed by atoms with Crippen molar-refractivity contribution in [3.8, 4) is 0 Å². The number of benzene rings is 1. The maximum atomic E-state index is 12.7. The van der Waals surface area contributed by atoms with Crippen molar-refractivity contribution in [2.24, 2.45) is 0 Å². The molecule has 1 aromatic heterocycles. The van der Waals surface area contributed by atoms with E-state index in [1.165, 1.54) is 11.1 Å². The van der Waals surface area contributed by atoms with Gasteiger partial charge in [-0.3, -0.25) is 0 Å². The van der Waals surface area contributed by atoms with Crippen LogP contribution in [-0.2, 0) is 6.18 Å². The second-order valence-electron chi connectivity index (χ2n) is 5.68. The Balaban J connectivity index is 1.82. The second-order valence-corrected chi connectivity index (χ2v) is 6.63. The molecular formula is C15H16F3N3S. The fourth-order valence-electron chi connectivity index (χ4n) is 3.01. The Bertz CT molecular complexity index is 668. The van der Waals surface area contributed by atoms with Crippen LogP contribution in [0.2, 0.25) is 0 Å². The van der Waals surface area contributed by atoms with Crippen molar-refractivity contribution in [1.82, 2.24) is 10.2 Å².